The first kappa shape index (κ1) is 16.9. The van der Waals surface area contributed by atoms with Crippen LogP contribution in [-0.2, 0) is 28.7 Å². The quantitative estimate of drug-likeness (QED) is 0.603. The van der Waals surface area contributed by atoms with Crippen LogP contribution in [0.4, 0.5) is 0 Å². The van der Waals surface area contributed by atoms with Crippen LogP contribution in [-0.4, -0.2) is 62.0 Å². The van der Waals surface area contributed by atoms with Gasteiger partial charge >= 0.3 is 11.9 Å². The van der Waals surface area contributed by atoms with Gasteiger partial charge in [-0.25, -0.2) is 0 Å². The SMILES string of the molecule is COC(=O)CN(CC(=O)OC)C(=O)C(C)NC(C)=O. The van der Waals surface area contributed by atoms with Gasteiger partial charge in [-0.05, 0) is 6.92 Å². The summed E-state index contributed by atoms with van der Waals surface area (Å²) < 4.78 is 8.87. The van der Waals surface area contributed by atoms with Crippen molar-refractivity contribution >= 4 is 23.8 Å². The molecule has 108 valence electrons. The molecule has 1 N–H and O–H groups in total. The second-order valence-corrected chi connectivity index (χ2v) is 3.77. The molecule has 0 aliphatic carbocycles. The number of carbonyl (C=O) groups is 4. The van der Waals surface area contributed by atoms with Gasteiger partial charge in [0, 0.05) is 6.92 Å². The van der Waals surface area contributed by atoms with Crippen LogP contribution in [0.2, 0.25) is 0 Å². The minimum atomic E-state index is -0.855. The Labute approximate surface area is 111 Å². The van der Waals surface area contributed by atoms with Crippen molar-refractivity contribution in [2.24, 2.45) is 0 Å². The maximum Gasteiger partial charge on any atom is 0.325 e. The van der Waals surface area contributed by atoms with Crippen LogP contribution in [0.15, 0.2) is 0 Å². The van der Waals surface area contributed by atoms with Gasteiger partial charge in [-0.1, -0.05) is 0 Å². The number of hydrogen-bond donors (Lipinski definition) is 1. The van der Waals surface area contributed by atoms with Crippen molar-refractivity contribution in [3.05, 3.63) is 0 Å². The zero-order chi connectivity index (χ0) is 15.0. The van der Waals surface area contributed by atoms with Crippen LogP contribution in [0.25, 0.3) is 0 Å². The van der Waals surface area contributed by atoms with Crippen LogP contribution >= 0.6 is 0 Å². The normalized spacial score (nSPS) is 11.2. The number of nitrogens with one attached hydrogen (secondary N) is 1. The number of methoxy groups -OCH3 is 2. The molecule has 19 heavy (non-hydrogen) atoms. The van der Waals surface area contributed by atoms with E-state index in [1.54, 1.807) is 0 Å². The van der Waals surface area contributed by atoms with Gasteiger partial charge in [0.1, 0.15) is 19.1 Å². The van der Waals surface area contributed by atoms with E-state index in [0.717, 1.165) is 4.90 Å². The molecule has 1 unspecified atom stereocenters. The second kappa shape index (κ2) is 8.06. The lowest BCUT2D eigenvalue weighted by atomic mass is 10.2. The van der Waals surface area contributed by atoms with Gasteiger partial charge in [0.05, 0.1) is 14.2 Å². The fraction of sp³-hybridized carbons (Fsp3) is 0.636. The Balaban J connectivity index is 4.79. The fourth-order valence-corrected chi connectivity index (χ4v) is 1.29. The summed E-state index contributed by atoms with van der Waals surface area (Å²) in [5, 5.41) is 2.37. The number of carbonyl (C=O) groups excluding carboxylic acids is 4. The number of amides is 2. The first-order valence-corrected chi connectivity index (χ1v) is 5.51. The van der Waals surface area contributed by atoms with Crippen molar-refractivity contribution in [3.8, 4) is 0 Å². The molecule has 0 rings (SSSR count). The van der Waals surface area contributed by atoms with Crippen molar-refractivity contribution < 1.29 is 28.7 Å². The third-order valence-corrected chi connectivity index (χ3v) is 2.20. The molecule has 0 aromatic heterocycles. The zero-order valence-corrected chi connectivity index (χ0v) is 11.4. The number of esters is 2. The smallest absolute Gasteiger partial charge is 0.325 e. The highest BCUT2D eigenvalue weighted by molar-refractivity contribution is 5.91. The van der Waals surface area contributed by atoms with Gasteiger partial charge in [0.25, 0.3) is 0 Å². The van der Waals surface area contributed by atoms with Crippen LogP contribution in [0.5, 0.6) is 0 Å². The van der Waals surface area contributed by atoms with Crippen molar-refractivity contribution in [1.82, 2.24) is 10.2 Å². The monoisotopic (exact) mass is 274 g/mol. The summed E-state index contributed by atoms with van der Waals surface area (Å²) in [6.45, 7) is 1.92. The van der Waals surface area contributed by atoms with E-state index in [0.29, 0.717) is 0 Å². The molecular weight excluding hydrogens is 256 g/mol. The molecule has 0 bridgehead atoms. The van der Waals surface area contributed by atoms with Crippen LogP contribution < -0.4 is 5.32 Å². The second-order valence-electron chi connectivity index (χ2n) is 3.77. The third-order valence-electron chi connectivity index (χ3n) is 2.20. The minimum absolute atomic E-state index is 0.392. The summed E-state index contributed by atoms with van der Waals surface area (Å²) in [5.41, 5.74) is 0. The number of ether oxygens (including phenoxy) is 2. The van der Waals surface area contributed by atoms with E-state index in [1.807, 2.05) is 0 Å². The number of rotatable bonds is 6. The number of hydrogen-bond acceptors (Lipinski definition) is 6. The van der Waals surface area contributed by atoms with Gasteiger partial charge < -0.3 is 19.7 Å². The van der Waals surface area contributed by atoms with Crippen molar-refractivity contribution in [2.75, 3.05) is 27.3 Å². The highest BCUT2D eigenvalue weighted by Gasteiger charge is 2.25. The van der Waals surface area contributed by atoms with Gasteiger partial charge in [-0.15, -0.1) is 0 Å². The Morgan fingerprint density at radius 2 is 1.47 bits per heavy atom. The lowest BCUT2D eigenvalue weighted by Crippen LogP contribution is -2.49. The first-order chi connectivity index (χ1) is 8.81. The lowest BCUT2D eigenvalue weighted by Gasteiger charge is -2.23. The van der Waals surface area contributed by atoms with E-state index in [2.05, 4.69) is 14.8 Å². The lowest BCUT2D eigenvalue weighted by molar-refractivity contribution is -0.152. The van der Waals surface area contributed by atoms with E-state index in [1.165, 1.54) is 28.1 Å². The average molecular weight is 274 g/mol. The van der Waals surface area contributed by atoms with Crippen molar-refractivity contribution in [1.29, 1.82) is 0 Å². The topological polar surface area (TPSA) is 102 Å². The number of nitrogens with zero attached hydrogens (tertiary/aromatic N) is 1. The molecule has 0 aliphatic rings. The molecule has 0 aliphatic heterocycles. The molecule has 0 saturated carbocycles. The van der Waals surface area contributed by atoms with E-state index < -0.39 is 42.9 Å². The summed E-state index contributed by atoms with van der Waals surface area (Å²) in [7, 11) is 2.33. The highest BCUT2D eigenvalue weighted by atomic mass is 16.5. The molecule has 8 heteroatoms. The van der Waals surface area contributed by atoms with Gasteiger partial charge in [0.15, 0.2) is 0 Å². The minimum Gasteiger partial charge on any atom is -0.468 e. The van der Waals surface area contributed by atoms with E-state index in [9.17, 15) is 19.2 Å². The molecule has 0 saturated heterocycles. The Morgan fingerprint density at radius 1 is 1.05 bits per heavy atom. The maximum atomic E-state index is 12.0. The van der Waals surface area contributed by atoms with Gasteiger partial charge in [-0.3, -0.25) is 19.2 Å². The molecule has 0 spiro atoms. The first-order valence-electron chi connectivity index (χ1n) is 5.51. The average Bonchev–Trinajstić information content (AvgIpc) is 2.35. The van der Waals surface area contributed by atoms with Crippen LogP contribution in [0.1, 0.15) is 13.8 Å². The molecule has 2 amide bonds. The van der Waals surface area contributed by atoms with E-state index in [4.69, 9.17) is 0 Å². The summed E-state index contributed by atoms with van der Waals surface area (Å²) in [4.78, 5) is 46.2. The molecule has 0 aromatic rings. The Bertz CT molecular complexity index is 350. The van der Waals surface area contributed by atoms with Gasteiger partial charge in [0.2, 0.25) is 11.8 Å². The van der Waals surface area contributed by atoms with Crippen molar-refractivity contribution in [2.45, 2.75) is 19.9 Å². The Kier molecular flexibility index (Phi) is 7.16. The predicted octanol–water partition coefficient (Wildman–Crippen LogP) is -1.31. The van der Waals surface area contributed by atoms with Crippen LogP contribution in [0.3, 0.4) is 0 Å². The third kappa shape index (κ3) is 6.39. The zero-order valence-electron chi connectivity index (χ0n) is 11.4. The van der Waals surface area contributed by atoms with E-state index in [-0.39, 0.29) is 0 Å². The summed E-state index contributed by atoms with van der Waals surface area (Å²) in [5.74, 6) is -2.32. The van der Waals surface area contributed by atoms with Crippen molar-refractivity contribution in [3.63, 3.8) is 0 Å². The molecule has 0 aromatic carbocycles. The largest absolute Gasteiger partial charge is 0.468 e. The molecule has 0 fully saturated rings. The fourth-order valence-electron chi connectivity index (χ4n) is 1.29. The summed E-state index contributed by atoms with van der Waals surface area (Å²) >= 11 is 0. The molecule has 1 atom stereocenters. The van der Waals surface area contributed by atoms with E-state index >= 15 is 0 Å². The Morgan fingerprint density at radius 3 is 1.79 bits per heavy atom. The van der Waals surface area contributed by atoms with Crippen LogP contribution in [0, 0.1) is 0 Å². The molecule has 0 heterocycles. The standard InChI is InChI=1S/C11H18N2O6/c1-7(12-8(2)14)11(17)13(5-9(15)18-3)6-10(16)19-4/h7H,5-6H2,1-4H3,(H,12,14). The molecule has 8 nitrogen and oxygen atoms in total. The molecular formula is C11H18N2O6. The maximum absolute atomic E-state index is 12.0. The summed E-state index contributed by atoms with van der Waals surface area (Å²) in [6.07, 6.45) is 0. The predicted molar refractivity (Wildman–Crippen MR) is 63.9 cm³/mol. The Hall–Kier alpha value is -2.12. The summed E-state index contributed by atoms with van der Waals surface area (Å²) in [6, 6.07) is -0.855. The molecule has 0 radical (unpaired) electrons. The highest BCUT2D eigenvalue weighted by Crippen LogP contribution is 1.98. The van der Waals surface area contributed by atoms with Gasteiger partial charge in [-0.2, -0.15) is 0 Å².